The molecule has 256 valence electrons. The van der Waals surface area contributed by atoms with Gasteiger partial charge in [-0.1, -0.05) is 215 Å². The largest absolute Gasteiger partial charge is 0.0735 e. The molecule has 0 bridgehead atoms. The zero-order valence-electron chi connectivity index (χ0n) is 34.3. The first-order valence-electron chi connectivity index (χ1n) is 17.8. The topological polar surface area (TPSA) is 0 Å². The van der Waals surface area contributed by atoms with Gasteiger partial charge in [0.15, 0.2) is 0 Å². The summed E-state index contributed by atoms with van der Waals surface area (Å²) < 4.78 is 0. The predicted molar refractivity (Wildman–Crippen MR) is 244 cm³/mol. The van der Waals surface area contributed by atoms with Crippen molar-refractivity contribution >= 4 is 89.5 Å². The van der Waals surface area contributed by atoms with Crippen molar-refractivity contribution in [3.63, 3.8) is 0 Å². The minimum atomic E-state index is -1.57. The van der Waals surface area contributed by atoms with E-state index in [0.717, 1.165) is 0 Å². The molecule has 0 saturated heterocycles. The molecule has 11 heteroatoms. The fraction of sp³-hybridized carbons (Fsp3) is 0.647. The van der Waals surface area contributed by atoms with Crippen LogP contribution in [0.15, 0.2) is 60.7 Å². The number of hydrogen-bond donors (Lipinski definition) is 0. The van der Waals surface area contributed by atoms with Gasteiger partial charge in [0.25, 0.3) is 0 Å². The third-order valence-corrected chi connectivity index (χ3v) is 268. The van der Waals surface area contributed by atoms with E-state index in [0.29, 0.717) is 0 Å². The van der Waals surface area contributed by atoms with Crippen molar-refractivity contribution in [1.82, 2.24) is 0 Å². The number of hydrogen-bond acceptors (Lipinski definition) is 0. The molecule has 0 N–H and O–H groups in total. The molecule has 0 aliphatic rings. The van der Waals surface area contributed by atoms with Crippen molar-refractivity contribution in [3.05, 3.63) is 60.7 Å². The second-order valence-corrected chi connectivity index (χ2v) is 146. The first kappa shape index (κ1) is 42.0. The van der Waals surface area contributed by atoms with Crippen LogP contribution in [0.5, 0.6) is 0 Å². The van der Waals surface area contributed by atoms with E-state index in [-0.39, 0.29) is 0 Å². The average molecular weight is 794 g/mol. The van der Waals surface area contributed by atoms with Gasteiger partial charge < -0.3 is 0 Å². The Hall–Kier alpha value is 0.826. The van der Waals surface area contributed by atoms with Crippen molar-refractivity contribution in [2.45, 2.75) is 144 Å². The summed E-state index contributed by atoms with van der Waals surface area (Å²) in [5.41, 5.74) is 0. The molecule has 0 fully saturated rings. The van der Waals surface area contributed by atoms with Gasteiger partial charge in [-0.2, -0.15) is 0 Å². The van der Waals surface area contributed by atoms with Crippen molar-refractivity contribution in [1.29, 1.82) is 0 Å². The molecular weight excluding hydrogens is 717 g/mol. The van der Waals surface area contributed by atoms with Crippen LogP contribution in [0.2, 0.25) is 144 Å². The molecule has 2 aromatic carbocycles. The van der Waals surface area contributed by atoms with Gasteiger partial charge in [0.05, 0.1) is 15.2 Å². The summed E-state index contributed by atoms with van der Waals surface area (Å²) in [5, 5.41) is 3.47. The summed E-state index contributed by atoms with van der Waals surface area (Å²) in [4.78, 5) is 0. The lowest BCUT2D eigenvalue weighted by molar-refractivity contribution is 1.70. The van der Waals surface area contributed by atoms with Crippen molar-refractivity contribution < 1.29 is 0 Å². The zero-order valence-corrected chi connectivity index (χ0v) is 45.3. The van der Waals surface area contributed by atoms with Crippen LogP contribution in [-0.4, -0.2) is 79.2 Å². The Morgan fingerprint density at radius 2 is 0.378 bits per heavy atom. The molecule has 0 atom stereocenters. The number of benzene rings is 2. The zero-order chi connectivity index (χ0) is 35.7. The van der Waals surface area contributed by atoms with Crippen molar-refractivity contribution in [3.8, 4) is 0 Å². The standard InChI is InChI=1S/C34H76Si11/c1-35(2,33-29-25-23-26-30-33)37(5,6)39(9,10)41(13,14)43(17,18)45(21,22)44(19,20)42(15,16)40(11,12)38(7,8)36(3,4)34-31-27-24-28-32-34/h23-32H,1-22H3. The fourth-order valence-corrected chi connectivity index (χ4v) is 362. The van der Waals surface area contributed by atoms with E-state index < -0.39 is 79.2 Å². The lowest BCUT2D eigenvalue weighted by Crippen LogP contribution is -2.96. The SMILES string of the molecule is C[Si](C)(c1ccccc1)[Si](C)(C)[Si](C)(C)[Si](C)(C)[Si](C)(C)[Si](C)(C)[Si](C)(C)[Si](C)(C)[Si](C)(C)[Si](C)(C)[Si](C)(C)c1ccccc1. The summed E-state index contributed by atoms with van der Waals surface area (Å²) >= 11 is 0. The van der Waals surface area contributed by atoms with E-state index in [2.05, 4.69) is 205 Å². The molecule has 2 aromatic rings. The van der Waals surface area contributed by atoms with Gasteiger partial charge in [0.1, 0.15) is 0 Å². The molecule has 0 aliphatic carbocycles. The van der Waals surface area contributed by atoms with Gasteiger partial charge in [-0.15, -0.1) is 0 Å². The Morgan fingerprint density at radius 1 is 0.222 bits per heavy atom. The molecule has 0 radical (unpaired) electrons. The third kappa shape index (κ3) is 5.82. The predicted octanol–water partition coefficient (Wildman–Crippen LogP) is 10.4. The smallest absolute Gasteiger partial charge is 0.0711 e. The van der Waals surface area contributed by atoms with Crippen LogP contribution in [0.25, 0.3) is 0 Å². The van der Waals surface area contributed by atoms with Crippen LogP contribution in [0.4, 0.5) is 0 Å². The van der Waals surface area contributed by atoms with Gasteiger partial charge in [-0.05, 0) is 0 Å². The minimum absolute atomic E-state index is 1.51. The molecule has 0 nitrogen and oxygen atoms in total. The van der Waals surface area contributed by atoms with Gasteiger partial charge in [0.2, 0.25) is 0 Å². The average Bonchev–Trinajstić information content (AvgIpc) is 2.92. The quantitative estimate of drug-likeness (QED) is 0.188. The van der Waals surface area contributed by atoms with Crippen molar-refractivity contribution in [2.75, 3.05) is 0 Å². The van der Waals surface area contributed by atoms with Crippen LogP contribution >= 0.6 is 0 Å². The van der Waals surface area contributed by atoms with Crippen molar-refractivity contribution in [2.24, 2.45) is 0 Å². The summed E-state index contributed by atoms with van der Waals surface area (Å²) in [6.07, 6.45) is 0. The molecule has 0 saturated carbocycles. The Labute approximate surface area is 292 Å². The highest BCUT2D eigenvalue weighted by molar-refractivity contribution is 8.08. The minimum Gasteiger partial charge on any atom is -0.0735 e. The Kier molecular flexibility index (Phi) is 11.7. The van der Waals surface area contributed by atoms with Gasteiger partial charge >= 0.3 is 0 Å². The van der Waals surface area contributed by atoms with Crippen LogP contribution in [0.3, 0.4) is 0 Å². The summed E-state index contributed by atoms with van der Waals surface area (Å²) in [6.45, 7) is 64.6. The maximum atomic E-state index is 3.02. The van der Waals surface area contributed by atoms with Gasteiger partial charge in [-0.25, -0.2) is 0 Å². The normalized spacial score (nSPS) is 15.8. The molecule has 0 aliphatic heterocycles. The van der Waals surface area contributed by atoms with E-state index >= 15 is 0 Å². The van der Waals surface area contributed by atoms with Crippen LogP contribution in [-0.2, 0) is 0 Å². The van der Waals surface area contributed by atoms with Gasteiger partial charge in [0, 0.05) is 64.0 Å². The first-order chi connectivity index (χ1) is 19.7. The summed E-state index contributed by atoms with van der Waals surface area (Å²) in [7, 11) is -16.9. The Morgan fingerprint density at radius 3 is 0.556 bits per heavy atom. The first-order valence-corrected chi connectivity index (χ1v) is 60.8. The lowest BCUT2D eigenvalue weighted by Gasteiger charge is -2.68. The van der Waals surface area contributed by atoms with E-state index in [9.17, 15) is 0 Å². The lowest BCUT2D eigenvalue weighted by atomic mass is 10.4. The molecule has 2 rings (SSSR count). The highest BCUT2D eigenvalue weighted by Crippen LogP contribution is 2.48. The summed E-state index contributed by atoms with van der Waals surface area (Å²) in [6, 6.07) is 23.7. The van der Waals surface area contributed by atoms with Crippen LogP contribution in [0, 0.1) is 0 Å². The monoisotopic (exact) mass is 792 g/mol. The molecule has 0 amide bonds. The van der Waals surface area contributed by atoms with E-state index in [1.54, 1.807) is 10.4 Å². The maximum Gasteiger partial charge on any atom is 0.0711 e. The Bertz CT molecular complexity index is 1220. The van der Waals surface area contributed by atoms with Crippen LogP contribution < -0.4 is 10.4 Å². The fourth-order valence-electron chi connectivity index (χ4n) is 9.46. The highest BCUT2D eigenvalue weighted by Gasteiger charge is 2.72. The molecular formula is C34H76Si11. The second kappa shape index (κ2) is 12.6. The molecule has 0 unspecified atom stereocenters. The molecule has 0 heterocycles. The maximum absolute atomic E-state index is 3.02. The van der Waals surface area contributed by atoms with Gasteiger partial charge in [-0.3, -0.25) is 0 Å². The van der Waals surface area contributed by atoms with Crippen LogP contribution in [0.1, 0.15) is 0 Å². The van der Waals surface area contributed by atoms with E-state index in [4.69, 9.17) is 0 Å². The molecule has 45 heavy (non-hydrogen) atoms. The summed E-state index contributed by atoms with van der Waals surface area (Å²) in [5.74, 6) is 0. The molecule has 0 spiro atoms. The third-order valence-electron chi connectivity index (χ3n) is 18.6. The van der Waals surface area contributed by atoms with E-state index in [1.165, 1.54) is 0 Å². The van der Waals surface area contributed by atoms with E-state index in [1.807, 2.05) is 0 Å². The highest BCUT2D eigenvalue weighted by atomic mass is 30.1. The second-order valence-electron chi connectivity index (χ2n) is 20.6. The Balaban J connectivity index is 2.73. The molecule has 0 aromatic heterocycles. The number of rotatable bonds is 12.